The summed E-state index contributed by atoms with van der Waals surface area (Å²) in [6.07, 6.45) is 4.06. The molecule has 2 N–H and O–H groups in total. The minimum atomic E-state index is 1.50. The zero-order chi connectivity index (χ0) is 12.1. The summed E-state index contributed by atoms with van der Waals surface area (Å²) in [4.78, 5) is 0. The zero-order valence-electron chi connectivity index (χ0n) is 11.1. The van der Waals surface area contributed by atoms with E-state index in [0.717, 1.165) is 0 Å². The number of rotatable bonds is 1. The molecule has 0 unspecified atom stereocenters. The summed E-state index contributed by atoms with van der Waals surface area (Å²) in [6, 6.07) is 0. The van der Waals surface area contributed by atoms with Gasteiger partial charge in [0.15, 0.2) is 0 Å². The molecule has 0 saturated carbocycles. The first kappa shape index (κ1) is 29.2. The maximum absolute atomic E-state index is 4.50. The summed E-state index contributed by atoms with van der Waals surface area (Å²) in [7, 11) is 1.50. The predicted molar refractivity (Wildman–Crippen MR) is 72.5 cm³/mol. The molecule has 0 aliphatic heterocycles. The van der Waals surface area contributed by atoms with Crippen LogP contribution >= 0.6 is 11.8 Å². The maximum Gasteiger partial charge on any atom is -0.0142 e. The number of nitrogens with two attached hydrogens (primary N) is 1. The second-order valence-corrected chi connectivity index (χ2v) is 1.45. The van der Waals surface area contributed by atoms with Gasteiger partial charge in [-0.25, -0.2) is 0 Å². The van der Waals surface area contributed by atoms with Gasteiger partial charge in [0.05, 0.1) is 0 Å². The Hall–Kier alpha value is 0.0500. The van der Waals surface area contributed by atoms with Crippen LogP contribution in [-0.4, -0.2) is 13.3 Å². The molecule has 2 heteroatoms. The highest BCUT2D eigenvalue weighted by Crippen LogP contribution is 1.89. The summed E-state index contributed by atoms with van der Waals surface area (Å²) in [5.41, 5.74) is 4.50. The van der Waals surface area contributed by atoms with Crippen LogP contribution < -0.4 is 5.73 Å². The van der Waals surface area contributed by atoms with E-state index in [-0.39, 0.29) is 0 Å². The van der Waals surface area contributed by atoms with Gasteiger partial charge in [-0.05, 0) is 25.6 Å². The molecule has 0 bridgehead atoms. The van der Waals surface area contributed by atoms with Gasteiger partial charge in [0.1, 0.15) is 0 Å². The molecular formula is C11H31NS. The smallest absolute Gasteiger partial charge is 0.0142 e. The molecule has 0 radical (unpaired) electrons. The van der Waals surface area contributed by atoms with E-state index >= 15 is 0 Å². The molecule has 0 saturated heterocycles. The Bertz CT molecular complexity index is 37.1. The Morgan fingerprint density at radius 1 is 0.846 bits per heavy atom. The highest BCUT2D eigenvalue weighted by Gasteiger charge is 1.51. The van der Waals surface area contributed by atoms with Crippen molar-refractivity contribution in [3.63, 3.8) is 0 Å². The Morgan fingerprint density at radius 2 is 1.08 bits per heavy atom. The van der Waals surface area contributed by atoms with E-state index in [1.165, 1.54) is 7.05 Å². The molecule has 0 atom stereocenters. The predicted octanol–water partition coefficient (Wildman–Crippen LogP) is 4.54. The molecule has 13 heavy (non-hydrogen) atoms. The molecule has 1 nitrogen and oxygen atoms in total. The molecule has 0 spiro atoms. The largest absolute Gasteiger partial charge is 0.333 e. The van der Waals surface area contributed by atoms with E-state index < -0.39 is 0 Å². The van der Waals surface area contributed by atoms with Gasteiger partial charge in [-0.15, -0.1) is 11.8 Å². The van der Waals surface area contributed by atoms with Crippen LogP contribution in [0.25, 0.3) is 0 Å². The van der Waals surface area contributed by atoms with Gasteiger partial charge in [0.2, 0.25) is 0 Å². The minimum absolute atomic E-state index is 1.50. The summed E-state index contributed by atoms with van der Waals surface area (Å²) < 4.78 is 0. The van der Waals surface area contributed by atoms with Crippen molar-refractivity contribution in [3.05, 3.63) is 11.5 Å². The van der Waals surface area contributed by atoms with Crippen molar-refractivity contribution in [1.82, 2.24) is 0 Å². The molecule has 0 heterocycles. The van der Waals surface area contributed by atoms with Gasteiger partial charge in [-0.1, -0.05) is 47.6 Å². The molecule has 0 rings (SSSR count). The van der Waals surface area contributed by atoms with Crippen molar-refractivity contribution in [2.45, 2.75) is 48.5 Å². The average Bonchev–Trinajstić information content (AvgIpc) is 2.30. The van der Waals surface area contributed by atoms with Crippen LogP contribution in [0.3, 0.4) is 0 Å². The van der Waals surface area contributed by atoms with Crippen molar-refractivity contribution < 1.29 is 0 Å². The van der Waals surface area contributed by atoms with Gasteiger partial charge >= 0.3 is 0 Å². The summed E-state index contributed by atoms with van der Waals surface area (Å²) in [5.74, 6) is 0. The van der Waals surface area contributed by atoms with Crippen LogP contribution in [0.1, 0.15) is 48.5 Å². The number of hydrogen-bond donors (Lipinski definition) is 1. The molecule has 0 aromatic carbocycles. The van der Waals surface area contributed by atoms with Gasteiger partial charge in [-0.2, -0.15) is 0 Å². The van der Waals surface area contributed by atoms with Crippen molar-refractivity contribution in [2.75, 3.05) is 13.3 Å². The fraction of sp³-hybridized carbons (Fsp3) is 0.818. The standard InChI is InChI=1S/C4H8S.3C2H6.CH5N/c1-3-4-5-2;4*1-2/h3-4H,1-2H3;3*1-2H3;2H2,1H3/b4-3-;;;;. The number of hydrogen-bond acceptors (Lipinski definition) is 2. The van der Waals surface area contributed by atoms with Crippen LogP contribution in [0, 0.1) is 0 Å². The van der Waals surface area contributed by atoms with Gasteiger partial charge < -0.3 is 5.73 Å². The van der Waals surface area contributed by atoms with E-state index in [1.807, 2.05) is 66.2 Å². The Kier molecular flexibility index (Phi) is 356. The molecule has 0 aliphatic rings. The number of allylic oxidation sites excluding steroid dienone is 1. The highest BCUT2D eigenvalue weighted by atomic mass is 32.2. The zero-order valence-corrected chi connectivity index (χ0v) is 12.0. The van der Waals surface area contributed by atoms with Crippen molar-refractivity contribution >= 4 is 11.8 Å². The molecule has 0 aromatic heterocycles. The van der Waals surface area contributed by atoms with Crippen LogP contribution in [0.15, 0.2) is 11.5 Å². The SMILES string of the molecule is C/C=C\SC.CC.CC.CC.CN. The monoisotopic (exact) mass is 209 g/mol. The normalized spacial score (nSPS) is 5.69. The lowest BCUT2D eigenvalue weighted by molar-refractivity contribution is 1.48. The van der Waals surface area contributed by atoms with Crippen molar-refractivity contribution in [3.8, 4) is 0 Å². The number of thioether (sulfide) groups is 1. The van der Waals surface area contributed by atoms with E-state index in [4.69, 9.17) is 0 Å². The second-order valence-electron chi connectivity index (χ2n) is 0.705. The van der Waals surface area contributed by atoms with Crippen LogP contribution in [0.5, 0.6) is 0 Å². The third kappa shape index (κ3) is 290. The average molecular weight is 209 g/mol. The third-order valence-electron chi connectivity index (χ3n) is 0.272. The summed E-state index contributed by atoms with van der Waals surface area (Å²) >= 11 is 1.72. The first-order valence-corrected chi connectivity index (χ1v) is 6.42. The lowest BCUT2D eigenvalue weighted by Gasteiger charge is -1.66. The van der Waals surface area contributed by atoms with Gasteiger partial charge in [0, 0.05) is 0 Å². The lowest BCUT2D eigenvalue weighted by Crippen LogP contribution is -1.69. The quantitative estimate of drug-likeness (QED) is 0.686. The molecule has 0 aliphatic carbocycles. The molecule has 0 fully saturated rings. The van der Waals surface area contributed by atoms with E-state index in [0.29, 0.717) is 0 Å². The van der Waals surface area contributed by atoms with Crippen LogP contribution in [0.2, 0.25) is 0 Å². The second kappa shape index (κ2) is 158. The maximum atomic E-state index is 4.50. The Morgan fingerprint density at radius 3 is 1.08 bits per heavy atom. The van der Waals surface area contributed by atoms with Gasteiger partial charge in [0.25, 0.3) is 0 Å². The minimum Gasteiger partial charge on any atom is -0.333 e. The topological polar surface area (TPSA) is 26.0 Å². The molecule has 86 valence electrons. The van der Waals surface area contributed by atoms with Crippen LogP contribution in [-0.2, 0) is 0 Å². The van der Waals surface area contributed by atoms with Crippen molar-refractivity contribution in [2.24, 2.45) is 5.73 Å². The van der Waals surface area contributed by atoms with Crippen LogP contribution in [0.4, 0.5) is 0 Å². The van der Waals surface area contributed by atoms with E-state index in [9.17, 15) is 0 Å². The Balaban J connectivity index is -0.0000000230. The van der Waals surface area contributed by atoms with E-state index in [2.05, 4.69) is 5.73 Å². The van der Waals surface area contributed by atoms with E-state index in [1.54, 1.807) is 11.8 Å². The first-order valence-electron chi connectivity index (χ1n) is 5.13. The molecule has 0 aromatic rings. The van der Waals surface area contributed by atoms with Gasteiger partial charge in [-0.3, -0.25) is 0 Å². The third-order valence-corrected chi connectivity index (χ3v) is 0.816. The summed E-state index contributed by atoms with van der Waals surface area (Å²) in [6.45, 7) is 14.0. The fourth-order valence-corrected chi connectivity index (χ4v) is 0.408. The Labute approximate surface area is 91.2 Å². The fourth-order valence-electron chi connectivity index (χ4n) is 0.136. The lowest BCUT2D eigenvalue weighted by atomic mass is 10.8. The first-order chi connectivity index (χ1) is 6.41. The molecular weight excluding hydrogens is 178 g/mol. The highest BCUT2D eigenvalue weighted by molar-refractivity contribution is 8.01. The molecule has 0 amide bonds. The summed E-state index contributed by atoms with van der Waals surface area (Å²) in [5, 5.41) is 2.04. The van der Waals surface area contributed by atoms with Crippen molar-refractivity contribution in [1.29, 1.82) is 0 Å².